The number of ether oxygens (including phenoxy) is 1. The molecular weight excluding hydrogens is 308 g/mol. The maximum atomic E-state index is 12.4. The molecule has 0 radical (unpaired) electrons. The Kier molecular flexibility index (Phi) is 9.53. The Labute approximate surface area is 144 Å². The highest BCUT2D eigenvalue weighted by Crippen LogP contribution is 2.05. The van der Waals surface area contributed by atoms with Gasteiger partial charge in [-0.25, -0.2) is 0 Å². The minimum atomic E-state index is -0.313. The smallest absolute Gasteiger partial charge is 0.307 e. The zero-order chi connectivity index (χ0) is 17.8. The minimum Gasteiger partial charge on any atom is -0.469 e. The van der Waals surface area contributed by atoms with Gasteiger partial charge in [0.05, 0.1) is 19.8 Å². The molecule has 0 unspecified atom stereocenters. The summed E-state index contributed by atoms with van der Waals surface area (Å²) >= 11 is 0. The van der Waals surface area contributed by atoms with Crippen LogP contribution in [0, 0.1) is 0 Å². The molecular formula is C18H28N2O4. The molecule has 1 heterocycles. The van der Waals surface area contributed by atoms with Crippen molar-refractivity contribution in [2.24, 2.45) is 0 Å². The van der Waals surface area contributed by atoms with Crippen molar-refractivity contribution in [2.75, 3.05) is 39.8 Å². The molecule has 1 aromatic heterocycles. The van der Waals surface area contributed by atoms with Crippen LogP contribution in [0.4, 0.5) is 0 Å². The van der Waals surface area contributed by atoms with Crippen molar-refractivity contribution in [1.82, 2.24) is 9.80 Å². The summed E-state index contributed by atoms with van der Waals surface area (Å²) in [6, 6.07) is 3.55. The Bertz CT molecular complexity index is 507. The Morgan fingerprint density at radius 3 is 2.54 bits per heavy atom. The Balaban J connectivity index is 2.58. The summed E-state index contributed by atoms with van der Waals surface area (Å²) in [5, 5.41) is 0. The summed E-state index contributed by atoms with van der Waals surface area (Å²) in [5.74, 6) is 0.181. The summed E-state index contributed by atoms with van der Waals surface area (Å²) in [7, 11) is 1.35. The largest absolute Gasteiger partial charge is 0.469 e. The molecule has 0 aliphatic heterocycles. The van der Waals surface area contributed by atoms with Gasteiger partial charge in [-0.2, -0.15) is 0 Å². The van der Waals surface area contributed by atoms with Gasteiger partial charge in [-0.15, -0.1) is 0 Å². The number of esters is 1. The number of hydrogen-bond acceptors (Lipinski definition) is 5. The molecule has 6 heteroatoms. The maximum Gasteiger partial charge on any atom is 0.307 e. The average Bonchev–Trinajstić information content (AvgIpc) is 3.12. The van der Waals surface area contributed by atoms with Crippen molar-refractivity contribution in [1.29, 1.82) is 0 Å². The van der Waals surface area contributed by atoms with Crippen LogP contribution in [-0.2, 0) is 14.3 Å². The highest BCUT2D eigenvalue weighted by Gasteiger charge is 2.13. The lowest BCUT2D eigenvalue weighted by atomic mass is 10.3. The van der Waals surface area contributed by atoms with Gasteiger partial charge >= 0.3 is 5.97 Å². The fraction of sp³-hybridized carbons (Fsp3) is 0.556. The van der Waals surface area contributed by atoms with Gasteiger partial charge in [-0.05, 0) is 44.3 Å². The monoisotopic (exact) mass is 336 g/mol. The first kappa shape index (κ1) is 20.0. The number of carbonyl (C=O) groups excluding carboxylic acids is 2. The van der Waals surface area contributed by atoms with Crippen LogP contribution in [0.1, 0.15) is 32.4 Å². The quantitative estimate of drug-likeness (QED) is 0.459. The van der Waals surface area contributed by atoms with Crippen LogP contribution < -0.4 is 0 Å². The van der Waals surface area contributed by atoms with E-state index in [1.807, 2.05) is 0 Å². The zero-order valence-corrected chi connectivity index (χ0v) is 14.9. The number of nitrogens with zero attached hydrogens (tertiary/aromatic N) is 2. The molecule has 0 spiro atoms. The maximum absolute atomic E-state index is 12.4. The normalized spacial score (nSPS) is 11.2. The number of furan rings is 1. The average molecular weight is 336 g/mol. The summed E-state index contributed by atoms with van der Waals surface area (Å²) < 4.78 is 9.84. The number of methoxy groups -OCH3 is 1. The van der Waals surface area contributed by atoms with Crippen molar-refractivity contribution in [3.8, 4) is 0 Å². The molecule has 134 valence electrons. The molecule has 0 atom stereocenters. The number of hydrogen-bond donors (Lipinski definition) is 0. The van der Waals surface area contributed by atoms with E-state index in [-0.39, 0.29) is 18.3 Å². The van der Waals surface area contributed by atoms with Crippen molar-refractivity contribution < 1.29 is 18.7 Å². The van der Waals surface area contributed by atoms with Gasteiger partial charge in [0.15, 0.2) is 0 Å². The van der Waals surface area contributed by atoms with Gasteiger partial charge in [-0.1, -0.05) is 13.8 Å². The van der Waals surface area contributed by atoms with E-state index in [4.69, 9.17) is 4.42 Å². The molecule has 0 fully saturated rings. The molecule has 6 nitrogen and oxygen atoms in total. The zero-order valence-electron chi connectivity index (χ0n) is 14.9. The standard InChI is InChI=1S/C18H28N2O4/c1-4-19(5-2)12-7-13-20(14-11-18(22)23-3)17(21)10-9-16-8-6-15-24-16/h6,8-10,15H,4-5,7,11-14H2,1-3H3/b10-9+. The predicted octanol–water partition coefficient (Wildman–Crippen LogP) is 2.42. The van der Waals surface area contributed by atoms with E-state index in [1.54, 1.807) is 29.4 Å². The fourth-order valence-electron chi connectivity index (χ4n) is 2.33. The second-order valence-corrected chi connectivity index (χ2v) is 5.38. The van der Waals surface area contributed by atoms with Crippen LogP contribution in [0.15, 0.2) is 28.9 Å². The molecule has 0 aliphatic carbocycles. The Morgan fingerprint density at radius 2 is 1.96 bits per heavy atom. The van der Waals surface area contributed by atoms with Gasteiger partial charge in [0, 0.05) is 19.2 Å². The van der Waals surface area contributed by atoms with Crippen LogP contribution in [0.5, 0.6) is 0 Å². The summed E-state index contributed by atoms with van der Waals surface area (Å²) in [4.78, 5) is 27.7. The molecule has 24 heavy (non-hydrogen) atoms. The lowest BCUT2D eigenvalue weighted by Crippen LogP contribution is -2.35. The molecule has 1 aromatic rings. The first-order chi connectivity index (χ1) is 11.6. The van der Waals surface area contributed by atoms with Crippen LogP contribution in [-0.4, -0.2) is 61.5 Å². The first-order valence-corrected chi connectivity index (χ1v) is 8.40. The van der Waals surface area contributed by atoms with E-state index in [1.165, 1.54) is 13.2 Å². The van der Waals surface area contributed by atoms with Gasteiger partial charge in [0.1, 0.15) is 5.76 Å². The van der Waals surface area contributed by atoms with Crippen molar-refractivity contribution in [3.05, 3.63) is 30.2 Å². The van der Waals surface area contributed by atoms with Crippen LogP contribution >= 0.6 is 0 Å². The van der Waals surface area contributed by atoms with Crippen LogP contribution in [0.3, 0.4) is 0 Å². The Hall–Kier alpha value is -2.08. The summed E-state index contributed by atoms with van der Waals surface area (Å²) in [5.41, 5.74) is 0. The summed E-state index contributed by atoms with van der Waals surface area (Å²) in [6.45, 7) is 8.11. The predicted molar refractivity (Wildman–Crippen MR) is 93.4 cm³/mol. The first-order valence-electron chi connectivity index (χ1n) is 8.40. The van der Waals surface area contributed by atoms with E-state index in [9.17, 15) is 9.59 Å². The van der Waals surface area contributed by atoms with Crippen LogP contribution in [0.25, 0.3) is 6.08 Å². The van der Waals surface area contributed by atoms with E-state index < -0.39 is 0 Å². The van der Waals surface area contributed by atoms with E-state index in [0.717, 1.165) is 26.1 Å². The number of carbonyl (C=O) groups is 2. The lowest BCUT2D eigenvalue weighted by molar-refractivity contribution is -0.141. The van der Waals surface area contributed by atoms with Gasteiger partial charge < -0.3 is 19.0 Å². The minimum absolute atomic E-state index is 0.130. The number of amides is 1. The van der Waals surface area contributed by atoms with Crippen molar-refractivity contribution in [2.45, 2.75) is 26.7 Å². The molecule has 0 saturated heterocycles. The lowest BCUT2D eigenvalue weighted by Gasteiger charge is -2.23. The molecule has 1 rings (SSSR count). The molecule has 0 saturated carbocycles. The molecule has 0 aliphatic rings. The Morgan fingerprint density at radius 1 is 1.21 bits per heavy atom. The highest BCUT2D eigenvalue weighted by molar-refractivity contribution is 5.91. The summed E-state index contributed by atoms with van der Waals surface area (Å²) in [6.07, 6.45) is 5.74. The van der Waals surface area contributed by atoms with E-state index >= 15 is 0 Å². The van der Waals surface area contributed by atoms with Crippen molar-refractivity contribution in [3.63, 3.8) is 0 Å². The molecule has 0 aromatic carbocycles. The highest BCUT2D eigenvalue weighted by atomic mass is 16.5. The topological polar surface area (TPSA) is 63.0 Å². The second-order valence-electron chi connectivity index (χ2n) is 5.38. The third-order valence-electron chi connectivity index (χ3n) is 3.86. The third-order valence-corrected chi connectivity index (χ3v) is 3.86. The van der Waals surface area contributed by atoms with Gasteiger partial charge in [0.2, 0.25) is 5.91 Å². The van der Waals surface area contributed by atoms with E-state index in [0.29, 0.717) is 18.8 Å². The number of rotatable bonds is 11. The fourth-order valence-corrected chi connectivity index (χ4v) is 2.33. The van der Waals surface area contributed by atoms with Gasteiger partial charge in [0.25, 0.3) is 0 Å². The second kappa shape index (κ2) is 11.5. The van der Waals surface area contributed by atoms with Crippen LogP contribution in [0.2, 0.25) is 0 Å². The van der Waals surface area contributed by atoms with Crippen molar-refractivity contribution >= 4 is 18.0 Å². The SMILES string of the molecule is CCN(CC)CCCN(CCC(=O)OC)C(=O)/C=C/c1ccco1. The van der Waals surface area contributed by atoms with E-state index in [2.05, 4.69) is 23.5 Å². The molecule has 0 N–H and O–H groups in total. The van der Waals surface area contributed by atoms with Gasteiger partial charge in [-0.3, -0.25) is 9.59 Å². The molecule has 0 bridgehead atoms. The molecule has 1 amide bonds. The third kappa shape index (κ3) is 7.46.